The highest BCUT2D eigenvalue weighted by molar-refractivity contribution is 5.36. The molecule has 0 aliphatic heterocycles. The topological polar surface area (TPSA) is 40.5 Å². The molecule has 31 heavy (non-hydrogen) atoms. The highest BCUT2D eigenvalue weighted by atomic mass is 16.3. The summed E-state index contributed by atoms with van der Waals surface area (Å²) < 4.78 is 0. The van der Waals surface area contributed by atoms with Gasteiger partial charge < -0.3 is 10.2 Å². The van der Waals surface area contributed by atoms with Gasteiger partial charge in [0.25, 0.3) is 0 Å². The summed E-state index contributed by atoms with van der Waals surface area (Å²) in [6.45, 7) is 14.7. The first-order chi connectivity index (χ1) is 14.6. The van der Waals surface area contributed by atoms with E-state index in [1.165, 1.54) is 44.9 Å². The van der Waals surface area contributed by atoms with Gasteiger partial charge in [0.05, 0.1) is 11.7 Å². The first-order valence-corrected chi connectivity index (χ1v) is 13.7. The Balaban J connectivity index is 1.53. The van der Waals surface area contributed by atoms with Crippen molar-refractivity contribution < 1.29 is 10.2 Å². The summed E-state index contributed by atoms with van der Waals surface area (Å²) in [6.07, 6.45) is 13.4. The van der Waals surface area contributed by atoms with Crippen LogP contribution in [0.4, 0.5) is 0 Å². The van der Waals surface area contributed by atoms with E-state index >= 15 is 0 Å². The van der Waals surface area contributed by atoms with Crippen LogP contribution in [0.25, 0.3) is 0 Å². The maximum atomic E-state index is 11.6. The summed E-state index contributed by atoms with van der Waals surface area (Å²) in [5.74, 6) is 3.87. The second kappa shape index (κ2) is 8.46. The van der Waals surface area contributed by atoms with E-state index in [9.17, 15) is 10.2 Å². The van der Waals surface area contributed by atoms with Crippen LogP contribution in [0.3, 0.4) is 0 Å². The molecule has 178 valence electrons. The van der Waals surface area contributed by atoms with Crippen LogP contribution in [-0.2, 0) is 0 Å². The summed E-state index contributed by atoms with van der Waals surface area (Å²) in [5, 5.41) is 21.9. The van der Waals surface area contributed by atoms with Gasteiger partial charge in [-0.2, -0.15) is 0 Å². The summed E-state index contributed by atoms with van der Waals surface area (Å²) in [4.78, 5) is 0. The van der Waals surface area contributed by atoms with Crippen LogP contribution in [0.5, 0.6) is 0 Å². The fraction of sp³-hybridized carbons (Fsp3) is 0.931. The second-order valence-electron chi connectivity index (χ2n) is 12.9. The van der Waals surface area contributed by atoms with Gasteiger partial charge in [-0.15, -0.1) is 0 Å². The smallest absolute Gasteiger partial charge is 0.0734 e. The van der Waals surface area contributed by atoms with Crippen molar-refractivity contribution in [2.45, 2.75) is 130 Å². The summed E-state index contributed by atoms with van der Waals surface area (Å²) in [5.41, 5.74) is 3.25. The van der Waals surface area contributed by atoms with Gasteiger partial charge in [0, 0.05) is 11.8 Å². The van der Waals surface area contributed by atoms with Gasteiger partial charge in [-0.1, -0.05) is 72.0 Å². The average molecular weight is 431 g/mol. The molecule has 0 heterocycles. The third-order valence-corrected chi connectivity index (χ3v) is 11.6. The van der Waals surface area contributed by atoms with E-state index in [-0.39, 0.29) is 11.5 Å². The van der Waals surface area contributed by atoms with E-state index in [2.05, 4.69) is 41.5 Å². The summed E-state index contributed by atoms with van der Waals surface area (Å²) in [7, 11) is 0. The number of hydrogen-bond acceptors (Lipinski definition) is 2. The molecule has 0 aromatic carbocycles. The van der Waals surface area contributed by atoms with Crippen molar-refractivity contribution in [2.24, 2.45) is 40.4 Å². The minimum Gasteiger partial charge on any atom is -0.393 e. The molecule has 3 saturated carbocycles. The van der Waals surface area contributed by atoms with Crippen molar-refractivity contribution >= 4 is 0 Å². The standard InChI is InChI=1S/C29H50O2/c1-7-19(2)20(3)8-9-21(4)24-10-11-25-23-13-17-29(31)18-22(30)12-16-28(29,6)26(23)14-15-27(24,25)5/h19-22,24,26,30-31H,7-18H2,1-6H3/t19-,20-,21-,22+,24-,26+,27-,28-,29-/m1/s1. The van der Waals surface area contributed by atoms with Gasteiger partial charge in [-0.05, 0) is 86.4 Å². The van der Waals surface area contributed by atoms with E-state index < -0.39 is 5.60 Å². The Labute approximate surface area is 192 Å². The van der Waals surface area contributed by atoms with E-state index in [1.807, 2.05) is 5.57 Å². The SMILES string of the molecule is CC[C@@H](C)[C@H](C)CC[C@@H](C)[C@H]1CCC2=C3CC[C@@]4(O)C[C@@H](O)CC[C@]4(C)[C@H]3CC[C@@]21C. The van der Waals surface area contributed by atoms with E-state index in [1.54, 1.807) is 5.57 Å². The van der Waals surface area contributed by atoms with Crippen molar-refractivity contribution in [1.29, 1.82) is 0 Å². The van der Waals surface area contributed by atoms with Crippen LogP contribution < -0.4 is 0 Å². The van der Waals surface area contributed by atoms with E-state index in [0.29, 0.717) is 17.8 Å². The second-order valence-corrected chi connectivity index (χ2v) is 12.9. The number of aliphatic hydroxyl groups excluding tert-OH is 1. The van der Waals surface area contributed by atoms with Gasteiger partial charge in [0.1, 0.15) is 0 Å². The Morgan fingerprint density at radius 1 is 0.935 bits per heavy atom. The lowest BCUT2D eigenvalue weighted by molar-refractivity contribution is -0.175. The molecule has 2 N–H and O–H groups in total. The molecule has 2 nitrogen and oxygen atoms in total. The summed E-state index contributed by atoms with van der Waals surface area (Å²) >= 11 is 0. The first-order valence-electron chi connectivity index (χ1n) is 13.7. The molecule has 3 fully saturated rings. The van der Waals surface area contributed by atoms with E-state index in [4.69, 9.17) is 0 Å². The van der Waals surface area contributed by atoms with Crippen LogP contribution in [-0.4, -0.2) is 21.9 Å². The lowest BCUT2D eigenvalue weighted by atomic mass is 9.47. The van der Waals surface area contributed by atoms with E-state index in [0.717, 1.165) is 49.4 Å². The van der Waals surface area contributed by atoms with Crippen molar-refractivity contribution in [1.82, 2.24) is 0 Å². The number of allylic oxidation sites excluding steroid dienone is 2. The molecule has 0 amide bonds. The molecule has 4 rings (SSSR count). The Morgan fingerprint density at radius 2 is 1.68 bits per heavy atom. The summed E-state index contributed by atoms with van der Waals surface area (Å²) in [6, 6.07) is 0. The van der Waals surface area contributed by atoms with Crippen molar-refractivity contribution in [3.8, 4) is 0 Å². The fourth-order valence-corrected chi connectivity index (χ4v) is 8.83. The minimum absolute atomic E-state index is 0.0381. The molecule has 0 saturated heterocycles. The molecule has 0 bridgehead atoms. The number of rotatable bonds is 6. The molecular weight excluding hydrogens is 380 g/mol. The zero-order chi connectivity index (χ0) is 22.6. The van der Waals surface area contributed by atoms with Crippen LogP contribution >= 0.6 is 0 Å². The quantitative estimate of drug-likeness (QED) is 0.434. The predicted molar refractivity (Wildman–Crippen MR) is 130 cm³/mol. The zero-order valence-electron chi connectivity index (χ0n) is 21.3. The fourth-order valence-electron chi connectivity index (χ4n) is 8.83. The minimum atomic E-state index is -0.662. The van der Waals surface area contributed by atoms with Crippen LogP contribution in [0, 0.1) is 40.4 Å². The molecule has 9 atom stereocenters. The van der Waals surface area contributed by atoms with Gasteiger partial charge in [-0.3, -0.25) is 0 Å². The van der Waals surface area contributed by atoms with Crippen molar-refractivity contribution in [3.05, 3.63) is 11.1 Å². The zero-order valence-corrected chi connectivity index (χ0v) is 21.3. The number of fused-ring (bicyclic) bond motifs is 4. The molecule has 2 heteroatoms. The molecule has 0 unspecified atom stereocenters. The highest BCUT2D eigenvalue weighted by Crippen LogP contribution is 2.66. The van der Waals surface area contributed by atoms with Crippen LogP contribution in [0.15, 0.2) is 11.1 Å². The molecule has 4 aliphatic rings. The maximum Gasteiger partial charge on any atom is 0.0734 e. The Bertz CT molecular complexity index is 697. The Kier molecular flexibility index (Phi) is 6.50. The molecule has 0 aromatic rings. The molecule has 0 aromatic heterocycles. The van der Waals surface area contributed by atoms with Gasteiger partial charge in [-0.25, -0.2) is 0 Å². The third-order valence-electron chi connectivity index (χ3n) is 11.6. The normalized spacial score (nSPS) is 45.5. The number of aliphatic hydroxyl groups is 2. The first kappa shape index (κ1) is 23.8. The third kappa shape index (κ3) is 3.76. The lowest BCUT2D eigenvalue weighted by Gasteiger charge is -2.60. The van der Waals surface area contributed by atoms with Gasteiger partial charge in [0.2, 0.25) is 0 Å². The van der Waals surface area contributed by atoms with Gasteiger partial charge >= 0.3 is 0 Å². The Hall–Kier alpha value is -0.340. The van der Waals surface area contributed by atoms with Crippen LogP contribution in [0.2, 0.25) is 0 Å². The predicted octanol–water partition coefficient (Wildman–Crippen LogP) is 7.28. The monoisotopic (exact) mass is 430 g/mol. The lowest BCUT2D eigenvalue weighted by Crippen LogP contribution is -2.59. The van der Waals surface area contributed by atoms with Gasteiger partial charge in [0.15, 0.2) is 0 Å². The maximum absolute atomic E-state index is 11.6. The average Bonchev–Trinajstić information content (AvgIpc) is 3.09. The van der Waals surface area contributed by atoms with Crippen molar-refractivity contribution in [3.63, 3.8) is 0 Å². The number of hydrogen-bond donors (Lipinski definition) is 2. The molecule has 0 radical (unpaired) electrons. The molecule has 4 aliphatic carbocycles. The largest absolute Gasteiger partial charge is 0.393 e. The molecular formula is C29H50O2. The highest BCUT2D eigenvalue weighted by Gasteiger charge is 2.61. The van der Waals surface area contributed by atoms with Crippen LogP contribution in [0.1, 0.15) is 119 Å². The van der Waals surface area contributed by atoms with Crippen molar-refractivity contribution in [2.75, 3.05) is 0 Å². The molecule has 0 spiro atoms. The Morgan fingerprint density at radius 3 is 2.39 bits per heavy atom.